The first-order chi connectivity index (χ1) is 12.6. The number of hydrogen-bond donors (Lipinski definition) is 1. The summed E-state index contributed by atoms with van der Waals surface area (Å²) >= 11 is 0. The smallest absolute Gasteiger partial charge is 0.332 e. The van der Waals surface area contributed by atoms with E-state index in [2.05, 4.69) is 0 Å². The van der Waals surface area contributed by atoms with Gasteiger partial charge in [-0.2, -0.15) is 0 Å². The lowest BCUT2D eigenvalue weighted by Gasteiger charge is -2.21. The van der Waals surface area contributed by atoms with Crippen LogP contribution in [-0.4, -0.2) is 34.5 Å². The van der Waals surface area contributed by atoms with Crippen LogP contribution in [0.4, 0.5) is 10.5 Å². The van der Waals surface area contributed by atoms with Crippen molar-refractivity contribution in [1.29, 1.82) is 0 Å². The quantitative estimate of drug-likeness (QED) is 0.611. The van der Waals surface area contributed by atoms with Gasteiger partial charge in [-0.3, -0.25) is 9.59 Å². The van der Waals surface area contributed by atoms with Gasteiger partial charge in [0.15, 0.2) is 0 Å². The Bertz CT molecular complexity index is 792. The van der Waals surface area contributed by atoms with Gasteiger partial charge in [0.2, 0.25) is 0 Å². The highest BCUT2D eigenvalue weighted by Gasteiger charge is 2.46. The molecular weight excluding hydrogens is 332 g/mol. The topological polar surface area (TPSA) is 77.9 Å². The first-order valence-electron chi connectivity index (χ1n) is 8.56. The summed E-state index contributed by atoms with van der Waals surface area (Å²) in [5.41, 5.74) is 1.29. The first-order valence-corrected chi connectivity index (χ1v) is 8.56. The first kappa shape index (κ1) is 17.7. The van der Waals surface area contributed by atoms with Gasteiger partial charge in [0.05, 0.1) is 5.69 Å². The molecule has 3 rings (SSSR count). The highest BCUT2D eigenvalue weighted by Crippen LogP contribution is 2.34. The number of carboxylic acid groups (broad SMARTS) is 1. The fraction of sp³-hybridized carbons (Fsp3) is 0.250. The zero-order valence-electron chi connectivity index (χ0n) is 14.2. The molecule has 1 atom stereocenters. The van der Waals surface area contributed by atoms with Crippen molar-refractivity contribution in [3.8, 4) is 0 Å². The van der Waals surface area contributed by atoms with Crippen LogP contribution in [0.5, 0.6) is 0 Å². The number of nitrogens with zero attached hydrogens (tertiary/aromatic N) is 2. The van der Waals surface area contributed by atoms with Gasteiger partial charge in [-0.25, -0.2) is 9.69 Å². The predicted molar refractivity (Wildman–Crippen MR) is 96.7 cm³/mol. The monoisotopic (exact) mass is 352 g/mol. The summed E-state index contributed by atoms with van der Waals surface area (Å²) in [6, 6.07) is 17.0. The summed E-state index contributed by atoms with van der Waals surface area (Å²) in [6.07, 6.45) is 1.03. The second kappa shape index (κ2) is 7.82. The normalized spacial score (nSPS) is 17.0. The van der Waals surface area contributed by atoms with E-state index < -0.39 is 12.0 Å². The fourth-order valence-electron chi connectivity index (χ4n) is 3.14. The molecule has 1 aliphatic rings. The van der Waals surface area contributed by atoms with E-state index in [1.807, 2.05) is 36.4 Å². The number of imide groups is 1. The van der Waals surface area contributed by atoms with E-state index in [9.17, 15) is 14.4 Å². The van der Waals surface area contributed by atoms with E-state index in [0.717, 1.165) is 5.56 Å². The minimum Gasteiger partial charge on any atom is -0.481 e. The van der Waals surface area contributed by atoms with Gasteiger partial charge < -0.3 is 10.0 Å². The predicted octanol–water partition coefficient (Wildman–Crippen LogP) is 3.45. The van der Waals surface area contributed by atoms with E-state index in [4.69, 9.17) is 5.11 Å². The van der Waals surface area contributed by atoms with Crippen LogP contribution in [0.25, 0.3) is 0 Å². The molecule has 0 saturated carbocycles. The highest BCUT2D eigenvalue weighted by atomic mass is 16.4. The maximum atomic E-state index is 13.0. The minimum absolute atomic E-state index is 0.0500. The number of hydrogen-bond acceptors (Lipinski definition) is 3. The Morgan fingerprint density at radius 3 is 2.15 bits per heavy atom. The molecule has 1 aliphatic heterocycles. The molecule has 6 nitrogen and oxygen atoms in total. The van der Waals surface area contributed by atoms with Gasteiger partial charge in [-0.1, -0.05) is 48.5 Å². The van der Waals surface area contributed by atoms with E-state index in [0.29, 0.717) is 25.1 Å². The Kier molecular flexibility index (Phi) is 5.31. The molecule has 0 aromatic heterocycles. The zero-order chi connectivity index (χ0) is 18.5. The number of anilines is 1. The van der Waals surface area contributed by atoms with Crippen LogP contribution in [0.2, 0.25) is 0 Å². The number of amides is 3. The van der Waals surface area contributed by atoms with Crippen molar-refractivity contribution in [3.63, 3.8) is 0 Å². The molecule has 134 valence electrons. The molecule has 1 fully saturated rings. The summed E-state index contributed by atoms with van der Waals surface area (Å²) in [5, 5.41) is 8.78. The second-order valence-electron chi connectivity index (χ2n) is 6.15. The van der Waals surface area contributed by atoms with Crippen LogP contribution in [0.15, 0.2) is 60.7 Å². The van der Waals surface area contributed by atoms with Gasteiger partial charge in [-0.05, 0) is 30.5 Å². The molecular formula is C20H20N2O4. The molecule has 2 aromatic carbocycles. The summed E-state index contributed by atoms with van der Waals surface area (Å²) in [5.74, 6) is -1.15. The molecule has 0 aliphatic carbocycles. The third-order valence-corrected chi connectivity index (χ3v) is 4.37. The maximum absolute atomic E-state index is 13.0. The average molecular weight is 352 g/mol. The standard InChI is InChI=1S/C20H20N2O4/c23-17(24)13-7-8-14-21-18(15-9-3-1-4-10-15)19(25)22(20(21)26)16-11-5-2-6-12-16/h1-6,9-12,18H,7-8,13-14H2,(H,23,24). The van der Waals surface area contributed by atoms with Gasteiger partial charge in [-0.15, -0.1) is 0 Å². The van der Waals surface area contributed by atoms with Crippen LogP contribution in [0.1, 0.15) is 30.9 Å². The van der Waals surface area contributed by atoms with Gasteiger partial charge in [0, 0.05) is 13.0 Å². The summed E-state index contributed by atoms with van der Waals surface area (Å²) < 4.78 is 0. The molecule has 6 heteroatoms. The Morgan fingerprint density at radius 1 is 0.923 bits per heavy atom. The molecule has 0 spiro atoms. The summed E-state index contributed by atoms with van der Waals surface area (Å²) in [4.78, 5) is 39.4. The molecule has 0 radical (unpaired) electrons. The van der Waals surface area contributed by atoms with E-state index >= 15 is 0 Å². The largest absolute Gasteiger partial charge is 0.481 e. The van der Waals surface area contributed by atoms with Crippen molar-refractivity contribution in [1.82, 2.24) is 4.90 Å². The third kappa shape index (κ3) is 3.59. The molecule has 26 heavy (non-hydrogen) atoms. The maximum Gasteiger partial charge on any atom is 0.332 e. The van der Waals surface area contributed by atoms with Crippen LogP contribution < -0.4 is 4.90 Å². The average Bonchev–Trinajstić information content (AvgIpc) is 2.90. The van der Waals surface area contributed by atoms with Gasteiger partial charge in [0.25, 0.3) is 5.91 Å². The summed E-state index contributed by atoms with van der Waals surface area (Å²) in [6.45, 7) is 0.334. The van der Waals surface area contributed by atoms with Crippen LogP contribution >= 0.6 is 0 Å². The number of carbonyl (C=O) groups excluding carboxylic acids is 2. The van der Waals surface area contributed by atoms with Crippen molar-refractivity contribution >= 4 is 23.6 Å². The lowest BCUT2D eigenvalue weighted by Crippen LogP contribution is -2.33. The molecule has 1 unspecified atom stereocenters. The molecule has 1 N–H and O–H groups in total. The highest BCUT2D eigenvalue weighted by molar-refractivity contribution is 6.21. The SMILES string of the molecule is O=C(O)CCCCN1C(=O)N(c2ccccc2)C(=O)C1c1ccccc1. The number of urea groups is 1. The van der Waals surface area contributed by atoms with Crippen molar-refractivity contribution in [2.75, 3.05) is 11.4 Å². The number of unbranched alkanes of at least 4 members (excludes halogenated alkanes) is 1. The Hall–Kier alpha value is -3.15. The second-order valence-corrected chi connectivity index (χ2v) is 6.15. The van der Waals surface area contributed by atoms with Crippen molar-refractivity contribution < 1.29 is 19.5 Å². The van der Waals surface area contributed by atoms with Crippen molar-refractivity contribution in [3.05, 3.63) is 66.2 Å². The van der Waals surface area contributed by atoms with Crippen LogP contribution in [0.3, 0.4) is 0 Å². The number of para-hydroxylation sites is 1. The van der Waals surface area contributed by atoms with Crippen molar-refractivity contribution in [2.24, 2.45) is 0 Å². The zero-order valence-corrected chi connectivity index (χ0v) is 14.2. The summed E-state index contributed by atoms with van der Waals surface area (Å²) in [7, 11) is 0. The van der Waals surface area contributed by atoms with E-state index in [-0.39, 0.29) is 18.4 Å². The Labute approximate surface area is 151 Å². The third-order valence-electron chi connectivity index (χ3n) is 4.37. The number of carboxylic acids is 1. The number of aliphatic carboxylic acids is 1. The van der Waals surface area contributed by atoms with E-state index in [1.165, 1.54) is 9.80 Å². The van der Waals surface area contributed by atoms with Crippen LogP contribution in [-0.2, 0) is 9.59 Å². The molecule has 0 bridgehead atoms. The van der Waals surface area contributed by atoms with Crippen molar-refractivity contribution in [2.45, 2.75) is 25.3 Å². The molecule has 3 amide bonds. The number of carbonyl (C=O) groups is 3. The van der Waals surface area contributed by atoms with Gasteiger partial charge >= 0.3 is 12.0 Å². The number of benzene rings is 2. The fourth-order valence-corrected chi connectivity index (χ4v) is 3.14. The Balaban J connectivity index is 1.87. The molecule has 1 heterocycles. The molecule has 1 saturated heterocycles. The Morgan fingerprint density at radius 2 is 1.54 bits per heavy atom. The lowest BCUT2D eigenvalue weighted by molar-refractivity contribution is -0.137. The number of rotatable bonds is 7. The molecule has 2 aromatic rings. The van der Waals surface area contributed by atoms with Gasteiger partial charge in [0.1, 0.15) is 6.04 Å². The van der Waals surface area contributed by atoms with Crippen LogP contribution in [0, 0.1) is 0 Å². The minimum atomic E-state index is -0.862. The lowest BCUT2D eigenvalue weighted by atomic mass is 10.1. The van der Waals surface area contributed by atoms with E-state index in [1.54, 1.807) is 24.3 Å².